The van der Waals surface area contributed by atoms with Gasteiger partial charge in [-0.05, 0) is 49.9 Å². The van der Waals surface area contributed by atoms with Gasteiger partial charge in [0.1, 0.15) is 22.8 Å². The van der Waals surface area contributed by atoms with E-state index in [4.69, 9.17) is 17.3 Å². The highest BCUT2D eigenvalue weighted by molar-refractivity contribution is 6.32. The van der Waals surface area contributed by atoms with E-state index < -0.39 is 58.0 Å². The van der Waals surface area contributed by atoms with Crippen molar-refractivity contribution < 1.29 is 34.8 Å². The number of aliphatic hydroxyl groups is 3. The van der Waals surface area contributed by atoms with Crippen LogP contribution in [-0.4, -0.2) is 75.1 Å². The molecule has 1 amide bonds. The van der Waals surface area contributed by atoms with E-state index in [-0.39, 0.29) is 41.7 Å². The molecule has 38 heavy (non-hydrogen) atoms. The summed E-state index contributed by atoms with van der Waals surface area (Å²) in [6.45, 7) is 7.05. The summed E-state index contributed by atoms with van der Waals surface area (Å²) in [6, 6.07) is 0.484. The summed E-state index contributed by atoms with van der Waals surface area (Å²) in [5.74, 6) is -6.84. The van der Waals surface area contributed by atoms with Crippen LogP contribution in [0.15, 0.2) is 23.0 Å². The van der Waals surface area contributed by atoms with Gasteiger partial charge in [0.25, 0.3) is 5.91 Å². The molecular formula is C27H34ClN3O7. The quantitative estimate of drug-likeness (QED) is 0.300. The molecule has 0 bridgehead atoms. The third-order valence-corrected chi connectivity index (χ3v) is 8.05. The highest BCUT2D eigenvalue weighted by Gasteiger charge is 2.64. The number of benzene rings is 1. The van der Waals surface area contributed by atoms with Crippen molar-refractivity contribution in [2.24, 2.45) is 23.0 Å². The number of amides is 1. The molecule has 11 heteroatoms. The molecule has 0 unspecified atom stereocenters. The van der Waals surface area contributed by atoms with Crippen molar-refractivity contribution in [2.45, 2.75) is 51.8 Å². The Morgan fingerprint density at radius 2 is 1.87 bits per heavy atom. The normalized spacial score (nSPS) is 27.4. The largest absolute Gasteiger partial charge is 0.508 e. The summed E-state index contributed by atoms with van der Waals surface area (Å²) in [5, 5.41) is 48.6. The van der Waals surface area contributed by atoms with Gasteiger partial charge < -0.3 is 31.5 Å². The monoisotopic (exact) mass is 547 g/mol. The lowest BCUT2D eigenvalue weighted by molar-refractivity contribution is -0.153. The topological polar surface area (TPSA) is 173 Å². The lowest BCUT2D eigenvalue weighted by atomic mass is 9.57. The Bertz CT molecular complexity index is 1310. The Kier molecular flexibility index (Phi) is 6.93. The zero-order chi connectivity index (χ0) is 28.5. The Balaban J connectivity index is 1.86. The number of phenolic OH excluding ortho intramolecular Hbond substituents is 1. The summed E-state index contributed by atoms with van der Waals surface area (Å²) >= 11 is 6.60. The zero-order valence-corrected chi connectivity index (χ0v) is 22.8. The fourth-order valence-electron chi connectivity index (χ4n) is 6.03. The molecule has 4 rings (SSSR count). The summed E-state index contributed by atoms with van der Waals surface area (Å²) in [4.78, 5) is 40.5. The van der Waals surface area contributed by atoms with Crippen molar-refractivity contribution in [1.82, 2.24) is 10.2 Å². The van der Waals surface area contributed by atoms with Crippen LogP contribution >= 0.6 is 11.6 Å². The van der Waals surface area contributed by atoms with Crippen molar-refractivity contribution in [3.05, 3.63) is 44.7 Å². The third kappa shape index (κ3) is 4.20. The van der Waals surface area contributed by atoms with Gasteiger partial charge in [-0.3, -0.25) is 19.3 Å². The van der Waals surface area contributed by atoms with Crippen LogP contribution in [0.5, 0.6) is 5.75 Å². The van der Waals surface area contributed by atoms with E-state index in [0.29, 0.717) is 22.7 Å². The molecule has 0 radical (unpaired) electrons. The van der Waals surface area contributed by atoms with Gasteiger partial charge >= 0.3 is 0 Å². The fraction of sp³-hybridized carbons (Fsp3) is 0.519. The fourth-order valence-corrected chi connectivity index (χ4v) is 6.33. The van der Waals surface area contributed by atoms with E-state index in [1.54, 1.807) is 20.2 Å². The number of hydrogen-bond donors (Lipinski definition) is 6. The number of nitrogens with zero attached hydrogens (tertiary/aromatic N) is 1. The van der Waals surface area contributed by atoms with Crippen LogP contribution in [0.4, 0.5) is 0 Å². The average Bonchev–Trinajstić information content (AvgIpc) is 2.78. The second kappa shape index (κ2) is 9.37. The minimum atomic E-state index is -2.67. The predicted octanol–water partition coefficient (Wildman–Crippen LogP) is 1.75. The first-order valence-corrected chi connectivity index (χ1v) is 12.8. The summed E-state index contributed by atoms with van der Waals surface area (Å²) in [6.07, 6.45) is 0.161. The van der Waals surface area contributed by atoms with E-state index in [9.17, 15) is 34.8 Å². The van der Waals surface area contributed by atoms with Crippen molar-refractivity contribution in [3.8, 4) is 5.75 Å². The van der Waals surface area contributed by atoms with Crippen LogP contribution in [0, 0.1) is 17.3 Å². The lowest BCUT2D eigenvalue weighted by Gasteiger charge is -2.50. The zero-order valence-electron chi connectivity index (χ0n) is 22.1. The Morgan fingerprint density at radius 1 is 1.24 bits per heavy atom. The van der Waals surface area contributed by atoms with Crippen LogP contribution < -0.4 is 11.1 Å². The summed E-state index contributed by atoms with van der Waals surface area (Å²) in [5.41, 5.74) is 2.45. The highest BCUT2D eigenvalue weighted by atomic mass is 35.5. The molecule has 1 aromatic carbocycles. The van der Waals surface area contributed by atoms with E-state index in [1.807, 2.05) is 0 Å². The highest BCUT2D eigenvalue weighted by Crippen LogP contribution is 2.53. The maximum Gasteiger partial charge on any atom is 0.255 e. The minimum Gasteiger partial charge on any atom is -0.508 e. The molecule has 0 heterocycles. The minimum absolute atomic E-state index is 0.0116. The van der Waals surface area contributed by atoms with Gasteiger partial charge in [0.15, 0.2) is 11.4 Å². The first-order chi connectivity index (χ1) is 17.5. The van der Waals surface area contributed by atoms with Crippen LogP contribution in [0.1, 0.15) is 43.9 Å². The second-order valence-electron chi connectivity index (χ2n) is 11.8. The molecule has 1 aromatic rings. The van der Waals surface area contributed by atoms with Crippen molar-refractivity contribution in [1.29, 1.82) is 0 Å². The molecule has 0 spiro atoms. The molecular weight excluding hydrogens is 514 g/mol. The molecule has 3 aliphatic rings. The SMILES string of the molecule is CN(C)[C@@H]1C(=O)C(C(N)=O)=C(O)[C@@]2(O)C(=O)C3=C(O)c4c(O)c(CNCC(C)(C)C)cc(Cl)c4C[C@H]3C[C@@H]12. The molecule has 3 aliphatic carbocycles. The third-order valence-electron chi connectivity index (χ3n) is 7.72. The number of nitrogens with one attached hydrogen (secondary N) is 1. The van der Waals surface area contributed by atoms with Crippen LogP contribution in [0.25, 0.3) is 5.76 Å². The van der Waals surface area contributed by atoms with Crippen LogP contribution in [0.3, 0.4) is 0 Å². The Hall–Kier alpha value is -2.92. The number of rotatable bonds is 5. The average molecular weight is 548 g/mol. The number of fused-ring (bicyclic) bond motifs is 3. The number of likely N-dealkylation sites (N-methyl/N-ethyl adjacent to an activating group) is 1. The summed E-state index contributed by atoms with van der Waals surface area (Å²) in [7, 11) is 3.11. The van der Waals surface area contributed by atoms with Gasteiger partial charge in [-0.25, -0.2) is 0 Å². The Morgan fingerprint density at radius 3 is 2.42 bits per heavy atom. The van der Waals surface area contributed by atoms with E-state index in [1.165, 1.54) is 4.90 Å². The van der Waals surface area contributed by atoms with Gasteiger partial charge in [-0.1, -0.05) is 32.4 Å². The second-order valence-corrected chi connectivity index (χ2v) is 12.3. The van der Waals surface area contributed by atoms with E-state index >= 15 is 0 Å². The molecule has 7 N–H and O–H groups in total. The number of halogens is 1. The van der Waals surface area contributed by atoms with Crippen molar-refractivity contribution >= 4 is 34.8 Å². The number of carbonyl (C=O) groups is 3. The number of primary amides is 1. The smallest absolute Gasteiger partial charge is 0.255 e. The maximum absolute atomic E-state index is 13.9. The predicted molar refractivity (Wildman–Crippen MR) is 140 cm³/mol. The Labute approximate surface area is 225 Å². The molecule has 1 saturated carbocycles. The number of carbonyl (C=O) groups excluding carboxylic acids is 3. The van der Waals surface area contributed by atoms with Gasteiger partial charge in [-0.2, -0.15) is 0 Å². The van der Waals surface area contributed by atoms with E-state index in [2.05, 4.69) is 26.1 Å². The molecule has 1 fully saturated rings. The number of ketones is 2. The van der Waals surface area contributed by atoms with Crippen molar-refractivity contribution in [3.63, 3.8) is 0 Å². The molecule has 10 nitrogen and oxygen atoms in total. The standard InChI is InChI=1S/C27H34ClN3O7/c1-26(2,3)10-30-9-12-8-15(28)13-6-11-7-14-19(31(4)5)22(34)18(25(29)37)24(36)27(14,38)23(35)16(11)21(33)17(13)20(12)32/h8,11,14,19,30,32-33,36,38H,6-7,9-10H2,1-5H3,(H2,29,37)/t11-,14-,19-,27-/m0/s1. The maximum atomic E-state index is 13.9. The van der Waals surface area contributed by atoms with Gasteiger partial charge in [0, 0.05) is 35.2 Å². The molecule has 0 saturated heterocycles. The lowest BCUT2D eigenvalue weighted by Crippen LogP contribution is -2.65. The van der Waals surface area contributed by atoms with Crippen molar-refractivity contribution in [2.75, 3.05) is 20.6 Å². The van der Waals surface area contributed by atoms with E-state index in [0.717, 1.165) is 0 Å². The first-order valence-electron chi connectivity index (χ1n) is 12.4. The van der Waals surface area contributed by atoms with Gasteiger partial charge in [-0.15, -0.1) is 0 Å². The molecule has 4 atom stereocenters. The molecule has 206 valence electrons. The van der Waals surface area contributed by atoms with Crippen LogP contribution in [-0.2, 0) is 27.3 Å². The number of Topliss-reactive ketones (excluding diaryl/α,β-unsaturated/α-hetero) is 2. The van der Waals surface area contributed by atoms with Gasteiger partial charge in [0.2, 0.25) is 5.78 Å². The number of nitrogens with two attached hydrogens (primary N) is 1. The van der Waals surface area contributed by atoms with Crippen LogP contribution in [0.2, 0.25) is 5.02 Å². The van der Waals surface area contributed by atoms with Gasteiger partial charge in [0.05, 0.1) is 11.6 Å². The molecule has 0 aliphatic heterocycles. The number of hydrogen-bond acceptors (Lipinski definition) is 9. The number of aromatic hydroxyl groups is 1. The first kappa shape index (κ1) is 28.1. The molecule has 0 aromatic heterocycles. The number of aliphatic hydroxyl groups excluding tert-OH is 2. The number of phenols is 1. The summed E-state index contributed by atoms with van der Waals surface area (Å²) < 4.78 is 0.